The Hall–Kier alpha value is -2.44. The molecule has 0 N–H and O–H groups in total. The molecule has 1 aromatic carbocycles. The lowest BCUT2D eigenvalue weighted by Gasteiger charge is -2.10. The third-order valence-electron chi connectivity index (χ3n) is 2.64. The molecule has 96 valence electrons. The van der Waals surface area contributed by atoms with Crippen LogP contribution in [-0.4, -0.2) is 19.6 Å². The highest BCUT2D eigenvalue weighted by atomic mass is 19.4. The van der Waals surface area contributed by atoms with Gasteiger partial charge in [0.25, 0.3) is 5.78 Å². The molecule has 0 saturated carbocycles. The molecule has 0 atom stereocenters. The molecular weight excluding hydrogens is 257 g/mol. The van der Waals surface area contributed by atoms with Crippen molar-refractivity contribution in [3.63, 3.8) is 0 Å². The quantitative estimate of drug-likeness (QED) is 0.678. The monoisotopic (exact) mass is 264 g/mol. The number of aromatic nitrogens is 4. The number of halogens is 3. The van der Waals surface area contributed by atoms with Crippen LogP contribution in [0.1, 0.15) is 5.69 Å². The van der Waals surface area contributed by atoms with Crippen molar-refractivity contribution >= 4 is 5.78 Å². The first-order valence-corrected chi connectivity index (χ1v) is 5.39. The van der Waals surface area contributed by atoms with Crippen LogP contribution < -0.4 is 0 Å². The number of rotatable bonds is 1. The summed E-state index contributed by atoms with van der Waals surface area (Å²) in [7, 11) is 0. The molecule has 19 heavy (non-hydrogen) atoms. The van der Waals surface area contributed by atoms with Crippen molar-refractivity contribution in [2.75, 3.05) is 0 Å². The lowest BCUT2D eigenvalue weighted by atomic mass is 10.1. The number of benzene rings is 1. The number of hydrogen-bond acceptors (Lipinski definition) is 3. The van der Waals surface area contributed by atoms with Crippen molar-refractivity contribution in [3.8, 4) is 11.3 Å². The van der Waals surface area contributed by atoms with Gasteiger partial charge in [-0.2, -0.15) is 13.2 Å². The Balaban J connectivity index is 2.28. The molecule has 4 nitrogen and oxygen atoms in total. The summed E-state index contributed by atoms with van der Waals surface area (Å²) in [6.45, 7) is 0. The van der Waals surface area contributed by atoms with Crippen LogP contribution in [0, 0.1) is 0 Å². The van der Waals surface area contributed by atoms with E-state index in [1.54, 1.807) is 30.3 Å². The lowest BCUT2D eigenvalue weighted by molar-refractivity contribution is -0.142. The normalized spacial score (nSPS) is 11.9. The molecular formula is C12H7F3N4. The summed E-state index contributed by atoms with van der Waals surface area (Å²) in [6, 6.07) is 9.62. The molecule has 0 amide bonds. The molecule has 0 unspecified atom stereocenters. The molecule has 2 heterocycles. The molecule has 2 aromatic heterocycles. The zero-order valence-electron chi connectivity index (χ0n) is 9.46. The van der Waals surface area contributed by atoms with Gasteiger partial charge < -0.3 is 0 Å². The molecule has 0 fully saturated rings. The molecule has 0 saturated heterocycles. The van der Waals surface area contributed by atoms with Gasteiger partial charge in [0.05, 0.1) is 5.69 Å². The highest BCUT2D eigenvalue weighted by Gasteiger charge is 2.34. The number of hydrogen-bond donors (Lipinski definition) is 0. The fourth-order valence-electron chi connectivity index (χ4n) is 1.79. The average molecular weight is 264 g/mol. The van der Waals surface area contributed by atoms with Gasteiger partial charge in [0, 0.05) is 5.56 Å². The maximum atomic E-state index is 13.0. The average Bonchev–Trinajstić information content (AvgIpc) is 2.85. The van der Waals surface area contributed by atoms with Gasteiger partial charge in [0.2, 0.25) is 0 Å². The molecule has 0 aliphatic heterocycles. The van der Waals surface area contributed by atoms with Crippen LogP contribution in [0.25, 0.3) is 17.0 Å². The van der Waals surface area contributed by atoms with Crippen molar-refractivity contribution in [2.45, 2.75) is 6.18 Å². The van der Waals surface area contributed by atoms with Crippen LogP contribution >= 0.6 is 0 Å². The Bertz CT molecular complexity index is 719. The van der Waals surface area contributed by atoms with Crippen LogP contribution in [0.2, 0.25) is 0 Å². The van der Waals surface area contributed by atoms with Crippen molar-refractivity contribution < 1.29 is 13.2 Å². The summed E-state index contributed by atoms with van der Waals surface area (Å²) in [5.74, 6) is -0.0753. The Morgan fingerprint density at radius 1 is 1.05 bits per heavy atom. The SMILES string of the molecule is FC(F)(F)c1cc(-c2ccccc2)nc2nncn12. The summed E-state index contributed by atoms with van der Waals surface area (Å²) in [5.41, 5.74) is -0.0340. The summed E-state index contributed by atoms with van der Waals surface area (Å²) < 4.78 is 39.8. The number of fused-ring (bicyclic) bond motifs is 1. The van der Waals surface area contributed by atoms with Crippen LogP contribution in [0.3, 0.4) is 0 Å². The molecule has 0 radical (unpaired) electrons. The first kappa shape index (κ1) is 11.6. The highest BCUT2D eigenvalue weighted by Crippen LogP contribution is 2.31. The molecule has 0 bridgehead atoms. The van der Waals surface area contributed by atoms with Crippen LogP contribution in [-0.2, 0) is 6.18 Å². The molecule has 3 rings (SSSR count). The minimum atomic E-state index is -4.49. The van der Waals surface area contributed by atoms with Crippen molar-refractivity contribution in [3.05, 3.63) is 48.4 Å². The van der Waals surface area contributed by atoms with Crippen LogP contribution in [0.4, 0.5) is 13.2 Å². The molecule has 3 aromatic rings. The van der Waals surface area contributed by atoms with Crippen LogP contribution in [0.5, 0.6) is 0 Å². The molecule has 0 aliphatic rings. The fraction of sp³-hybridized carbons (Fsp3) is 0.0833. The van der Waals surface area contributed by atoms with E-state index in [1.165, 1.54) is 0 Å². The number of alkyl halides is 3. The minimum absolute atomic E-state index is 0.0753. The highest BCUT2D eigenvalue weighted by molar-refractivity contribution is 5.61. The summed E-state index contributed by atoms with van der Waals surface area (Å²) in [5, 5.41) is 7.04. The predicted molar refractivity (Wildman–Crippen MR) is 61.2 cm³/mol. The van der Waals surface area contributed by atoms with Gasteiger partial charge in [-0.15, -0.1) is 10.2 Å². The van der Waals surface area contributed by atoms with Crippen LogP contribution in [0.15, 0.2) is 42.7 Å². The maximum Gasteiger partial charge on any atom is 0.431 e. The van der Waals surface area contributed by atoms with Gasteiger partial charge in [-0.05, 0) is 6.07 Å². The number of nitrogens with zero attached hydrogens (tertiary/aromatic N) is 4. The second kappa shape index (κ2) is 4.04. The smallest absolute Gasteiger partial charge is 0.261 e. The van der Waals surface area contributed by atoms with Crippen molar-refractivity contribution in [2.24, 2.45) is 0 Å². The third kappa shape index (κ3) is 2.03. The standard InChI is InChI=1S/C12H7F3N4/c13-12(14,15)10-6-9(8-4-2-1-3-5-8)17-11-18-16-7-19(10)11/h1-7H. The van der Waals surface area contributed by atoms with E-state index in [0.29, 0.717) is 5.56 Å². The van der Waals surface area contributed by atoms with Gasteiger partial charge in [-0.1, -0.05) is 30.3 Å². The van der Waals surface area contributed by atoms with Gasteiger partial charge in [0.15, 0.2) is 0 Å². The zero-order chi connectivity index (χ0) is 13.5. The largest absolute Gasteiger partial charge is 0.431 e. The summed E-state index contributed by atoms with van der Waals surface area (Å²) in [4.78, 5) is 4.07. The zero-order valence-corrected chi connectivity index (χ0v) is 9.46. The van der Waals surface area contributed by atoms with Crippen molar-refractivity contribution in [1.29, 1.82) is 0 Å². The predicted octanol–water partition coefficient (Wildman–Crippen LogP) is 2.81. The third-order valence-corrected chi connectivity index (χ3v) is 2.64. The van der Waals surface area contributed by atoms with E-state index in [2.05, 4.69) is 15.2 Å². The van der Waals surface area contributed by atoms with Gasteiger partial charge >= 0.3 is 6.18 Å². The first-order chi connectivity index (χ1) is 9.05. The molecule has 0 aliphatic carbocycles. The van der Waals surface area contributed by atoms with Gasteiger partial charge in [-0.3, -0.25) is 4.40 Å². The topological polar surface area (TPSA) is 43.1 Å². The fourth-order valence-corrected chi connectivity index (χ4v) is 1.79. The Morgan fingerprint density at radius 3 is 2.47 bits per heavy atom. The van der Waals surface area contributed by atoms with E-state index in [0.717, 1.165) is 16.8 Å². The van der Waals surface area contributed by atoms with E-state index >= 15 is 0 Å². The van der Waals surface area contributed by atoms with E-state index < -0.39 is 11.9 Å². The Labute approximate surface area is 105 Å². The van der Waals surface area contributed by atoms with Gasteiger partial charge in [0.1, 0.15) is 12.0 Å². The van der Waals surface area contributed by atoms with E-state index in [4.69, 9.17) is 0 Å². The second-order valence-electron chi connectivity index (χ2n) is 3.89. The summed E-state index contributed by atoms with van der Waals surface area (Å²) >= 11 is 0. The maximum absolute atomic E-state index is 13.0. The Morgan fingerprint density at radius 2 is 1.79 bits per heavy atom. The second-order valence-corrected chi connectivity index (χ2v) is 3.89. The van der Waals surface area contributed by atoms with E-state index in [9.17, 15) is 13.2 Å². The van der Waals surface area contributed by atoms with Gasteiger partial charge in [-0.25, -0.2) is 4.98 Å². The summed E-state index contributed by atoms with van der Waals surface area (Å²) in [6.07, 6.45) is -3.49. The minimum Gasteiger partial charge on any atom is -0.261 e. The Kier molecular flexibility index (Phi) is 2.48. The molecule has 0 spiro atoms. The van der Waals surface area contributed by atoms with E-state index in [-0.39, 0.29) is 11.5 Å². The van der Waals surface area contributed by atoms with E-state index in [1.807, 2.05) is 0 Å². The van der Waals surface area contributed by atoms with Crippen molar-refractivity contribution in [1.82, 2.24) is 19.6 Å². The molecule has 7 heteroatoms. The lowest BCUT2D eigenvalue weighted by Crippen LogP contribution is -2.12. The first-order valence-electron chi connectivity index (χ1n) is 5.39.